The molecule has 2 aliphatic rings. The fourth-order valence-electron chi connectivity index (χ4n) is 5.67. The Morgan fingerprint density at radius 1 is 0.848 bits per heavy atom. The van der Waals surface area contributed by atoms with Crippen molar-refractivity contribution in [3.63, 3.8) is 0 Å². The first-order valence-electron chi connectivity index (χ1n) is 12.2. The number of imidazole rings is 1. The largest absolute Gasteiger partial charge is 0.355 e. The summed E-state index contributed by atoms with van der Waals surface area (Å²) >= 11 is 0. The van der Waals surface area contributed by atoms with E-state index in [1.54, 1.807) is 0 Å². The maximum atomic E-state index is 10.1. The summed E-state index contributed by atoms with van der Waals surface area (Å²) in [5.41, 5.74) is 7.73. The monoisotopic (exact) mass is 435 g/mol. The van der Waals surface area contributed by atoms with Crippen LogP contribution in [0.4, 0.5) is 5.82 Å². The Labute approximate surface area is 194 Å². The SMILES string of the molecule is N#Cc1c2c(c(N3CCN(CCc4ccccc4)CC3)n3c1nc1ccccc13)CCCC2. The third-order valence-corrected chi connectivity index (χ3v) is 7.38. The van der Waals surface area contributed by atoms with Crippen molar-refractivity contribution < 1.29 is 0 Å². The molecule has 3 heterocycles. The molecule has 1 aliphatic carbocycles. The van der Waals surface area contributed by atoms with Gasteiger partial charge in [0.05, 0.1) is 16.6 Å². The molecule has 2 aromatic heterocycles. The third kappa shape index (κ3) is 3.55. The molecule has 0 spiro atoms. The number of para-hydroxylation sites is 2. The molecule has 0 saturated carbocycles. The molecule has 4 aromatic rings. The Balaban J connectivity index is 1.36. The molecule has 0 N–H and O–H groups in total. The van der Waals surface area contributed by atoms with Crippen LogP contribution in [0.5, 0.6) is 0 Å². The Morgan fingerprint density at radius 3 is 2.36 bits per heavy atom. The van der Waals surface area contributed by atoms with Crippen LogP contribution in [-0.4, -0.2) is 47.0 Å². The highest BCUT2D eigenvalue weighted by molar-refractivity contribution is 5.86. The first-order valence-corrected chi connectivity index (χ1v) is 12.2. The molecule has 5 nitrogen and oxygen atoms in total. The summed E-state index contributed by atoms with van der Waals surface area (Å²) < 4.78 is 2.29. The van der Waals surface area contributed by atoms with Gasteiger partial charge in [-0.3, -0.25) is 9.30 Å². The molecule has 1 aliphatic heterocycles. The summed E-state index contributed by atoms with van der Waals surface area (Å²) in [6.45, 7) is 5.25. The van der Waals surface area contributed by atoms with Crippen LogP contribution in [0, 0.1) is 11.3 Å². The molecule has 0 atom stereocenters. The van der Waals surface area contributed by atoms with E-state index in [1.165, 1.54) is 28.9 Å². The smallest absolute Gasteiger partial charge is 0.157 e. The predicted molar refractivity (Wildman–Crippen MR) is 133 cm³/mol. The van der Waals surface area contributed by atoms with E-state index in [2.05, 4.69) is 68.8 Å². The van der Waals surface area contributed by atoms with Gasteiger partial charge in [-0.15, -0.1) is 0 Å². The lowest BCUT2D eigenvalue weighted by atomic mass is 9.88. The van der Waals surface area contributed by atoms with Crippen LogP contribution in [0.1, 0.15) is 35.1 Å². The number of pyridine rings is 1. The van der Waals surface area contributed by atoms with Crippen LogP contribution >= 0.6 is 0 Å². The number of anilines is 1. The van der Waals surface area contributed by atoms with Crippen molar-refractivity contribution in [2.24, 2.45) is 0 Å². The fraction of sp³-hybridized carbons (Fsp3) is 0.357. The fourth-order valence-corrected chi connectivity index (χ4v) is 5.67. The van der Waals surface area contributed by atoms with Gasteiger partial charge in [0, 0.05) is 32.7 Å². The van der Waals surface area contributed by atoms with E-state index in [9.17, 15) is 5.26 Å². The van der Waals surface area contributed by atoms with Crippen molar-refractivity contribution >= 4 is 22.5 Å². The third-order valence-electron chi connectivity index (χ3n) is 7.38. The molecule has 1 saturated heterocycles. The quantitative estimate of drug-likeness (QED) is 0.470. The Kier molecular flexibility index (Phi) is 5.24. The van der Waals surface area contributed by atoms with Gasteiger partial charge in [-0.2, -0.15) is 5.26 Å². The number of fused-ring (bicyclic) bond motifs is 4. The first-order chi connectivity index (χ1) is 16.3. The maximum Gasteiger partial charge on any atom is 0.157 e. The normalized spacial score (nSPS) is 16.8. The van der Waals surface area contributed by atoms with Crippen LogP contribution in [-0.2, 0) is 19.3 Å². The van der Waals surface area contributed by atoms with Gasteiger partial charge in [-0.1, -0.05) is 42.5 Å². The summed E-state index contributed by atoms with van der Waals surface area (Å²) in [4.78, 5) is 10.1. The van der Waals surface area contributed by atoms with E-state index in [0.717, 1.165) is 80.7 Å². The number of rotatable bonds is 4. The highest BCUT2D eigenvalue weighted by Crippen LogP contribution is 2.37. The standard InChI is InChI=1S/C28H29N5/c29-20-24-22-10-4-5-11-23(22)28(33-26-13-7-6-12-25(26)30-27(24)33)32-18-16-31(17-19-32)15-14-21-8-2-1-3-9-21/h1-3,6-9,12-13H,4-5,10-11,14-19H2. The van der Waals surface area contributed by atoms with Crippen molar-refractivity contribution in [1.82, 2.24) is 14.3 Å². The van der Waals surface area contributed by atoms with E-state index >= 15 is 0 Å². The van der Waals surface area contributed by atoms with Crippen molar-refractivity contribution in [1.29, 1.82) is 5.26 Å². The van der Waals surface area contributed by atoms with Gasteiger partial charge >= 0.3 is 0 Å². The molecule has 166 valence electrons. The molecule has 0 bridgehead atoms. The summed E-state index contributed by atoms with van der Waals surface area (Å²) in [5, 5.41) is 10.1. The topological polar surface area (TPSA) is 47.6 Å². The summed E-state index contributed by atoms with van der Waals surface area (Å²) in [5.74, 6) is 1.29. The van der Waals surface area contributed by atoms with Crippen LogP contribution < -0.4 is 4.90 Å². The number of nitrogens with zero attached hydrogens (tertiary/aromatic N) is 5. The van der Waals surface area contributed by atoms with Crippen LogP contribution in [0.2, 0.25) is 0 Å². The number of hydrogen-bond acceptors (Lipinski definition) is 4. The number of aromatic nitrogens is 2. The second-order valence-electron chi connectivity index (χ2n) is 9.30. The molecular formula is C28H29N5. The lowest BCUT2D eigenvalue weighted by molar-refractivity contribution is 0.260. The average molecular weight is 436 g/mol. The van der Waals surface area contributed by atoms with E-state index in [-0.39, 0.29) is 0 Å². The van der Waals surface area contributed by atoms with Crippen molar-refractivity contribution in [3.05, 3.63) is 76.9 Å². The Morgan fingerprint density at radius 2 is 1.58 bits per heavy atom. The molecule has 0 amide bonds. The number of nitriles is 1. The van der Waals surface area contributed by atoms with E-state index in [1.807, 2.05) is 6.07 Å². The van der Waals surface area contributed by atoms with Crippen LogP contribution in [0.25, 0.3) is 16.7 Å². The van der Waals surface area contributed by atoms with Gasteiger partial charge in [-0.05, 0) is 60.9 Å². The number of piperazine rings is 1. The van der Waals surface area contributed by atoms with E-state index in [4.69, 9.17) is 4.98 Å². The van der Waals surface area contributed by atoms with Gasteiger partial charge in [0.25, 0.3) is 0 Å². The number of hydrogen-bond donors (Lipinski definition) is 0. The molecule has 0 unspecified atom stereocenters. The zero-order valence-electron chi connectivity index (χ0n) is 19.0. The molecule has 0 radical (unpaired) electrons. The van der Waals surface area contributed by atoms with Gasteiger partial charge < -0.3 is 4.90 Å². The van der Waals surface area contributed by atoms with Crippen molar-refractivity contribution in [3.8, 4) is 6.07 Å². The molecule has 33 heavy (non-hydrogen) atoms. The molecule has 5 heteroatoms. The van der Waals surface area contributed by atoms with Gasteiger partial charge in [0.15, 0.2) is 5.65 Å². The van der Waals surface area contributed by atoms with E-state index < -0.39 is 0 Å². The molecule has 6 rings (SSSR count). The minimum absolute atomic E-state index is 0.783. The van der Waals surface area contributed by atoms with E-state index in [0.29, 0.717) is 0 Å². The second kappa shape index (κ2) is 8.53. The summed E-state index contributed by atoms with van der Waals surface area (Å²) in [7, 11) is 0. The predicted octanol–water partition coefficient (Wildman–Crippen LogP) is 4.60. The van der Waals surface area contributed by atoms with Gasteiger partial charge in [0.2, 0.25) is 0 Å². The average Bonchev–Trinajstić information content (AvgIpc) is 3.26. The molecular weight excluding hydrogens is 406 g/mol. The summed E-state index contributed by atoms with van der Waals surface area (Å²) in [6.07, 6.45) is 5.49. The second-order valence-corrected chi connectivity index (χ2v) is 9.30. The maximum absolute atomic E-state index is 10.1. The van der Waals surface area contributed by atoms with Crippen molar-refractivity contribution in [2.75, 3.05) is 37.6 Å². The highest BCUT2D eigenvalue weighted by Gasteiger charge is 2.29. The Hall–Kier alpha value is -3.36. The summed E-state index contributed by atoms with van der Waals surface area (Å²) in [6, 6.07) is 21.6. The molecule has 1 fully saturated rings. The van der Waals surface area contributed by atoms with Gasteiger partial charge in [-0.25, -0.2) is 4.98 Å². The number of benzene rings is 2. The van der Waals surface area contributed by atoms with Crippen molar-refractivity contribution in [2.45, 2.75) is 32.1 Å². The lowest BCUT2D eigenvalue weighted by Gasteiger charge is -2.38. The lowest BCUT2D eigenvalue weighted by Crippen LogP contribution is -2.48. The Bertz CT molecular complexity index is 1340. The first kappa shape index (κ1) is 20.3. The minimum atomic E-state index is 0.783. The van der Waals surface area contributed by atoms with Gasteiger partial charge in [0.1, 0.15) is 11.9 Å². The van der Waals surface area contributed by atoms with Crippen LogP contribution in [0.3, 0.4) is 0 Å². The minimum Gasteiger partial charge on any atom is -0.355 e. The highest BCUT2D eigenvalue weighted by atomic mass is 15.3. The zero-order valence-corrected chi connectivity index (χ0v) is 19.0. The van der Waals surface area contributed by atoms with Crippen LogP contribution in [0.15, 0.2) is 54.6 Å². The molecule has 2 aromatic carbocycles. The zero-order chi connectivity index (χ0) is 22.2.